The van der Waals surface area contributed by atoms with Crippen molar-refractivity contribution < 1.29 is 9.53 Å². The number of hydrogen-bond acceptors (Lipinski definition) is 2. The summed E-state index contributed by atoms with van der Waals surface area (Å²) < 4.78 is 5.52. The van der Waals surface area contributed by atoms with Gasteiger partial charge in [0.05, 0.1) is 6.61 Å². The van der Waals surface area contributed by atoms with Crippen LogP contribution in [0, 0.1) is 12.8 Å². The van der Waals surface area contributed by atoms with Crippen molar-refractivity contribution in [3.05, 3.63) is 29.3 Å². The van der Waals surface area contributed by atoms with Gasteiger partial charge in [-0.25, -0.2) is 0 Å². The Balaban J connectivity index is 1.79. The van der Waals surface area contributed by atoms with Crippen LogP contribution in [-0.2, 0) is 11.2 Å². The minimum Gasteiger partial charge on any atom is -0.494 e. The highest BCUT2D eigenvalue weighted by molar-refractivity contribution is 5.79. The number of ether oxygens (including phenoxy) is 1. The van der Waals surface area contributed by atoms with Gasteiger partial charge in [0.1, 0.15) is 5.75 Å². The first kappa shape index (κ1) is 13.9. The van der Waals surface area contributed by atoms with Gasteiger partial charge in [-0.15, -0.1) is 0 Å². The van der Waals surface area contributed by atoms with Gasteiger partial charge in [0.25, 0.3) is 0 Å². The molecule has 2 rings (SSSR count). The van der Waals surface area contributed by atoms with Gasteiger partial charge in [-0.2, -0.15) is 0 Å². The number of rotatable bonds is 6. The van der Waals surface area contributed by atoms with Gasteiger partial charge in [0.15, 0.2) is 0 Å². The molecule has 1 aliphatic carbocycles. The molecule has 19 heavy (non-hydrogen) atoms. The Bertz CT molecular complexity index is 438. The molecule has 0 bridgehead atoms. The number of carbonyl (C=O) groups is 1. The van der Waals surface area contributed by atoms with Gasteiger partial charge in [0.2, 0.25) is 5.91 Å². The van der Waals surface area contributed by atoms with E-state index in [1.54, 1.807) is 0 Å². The van der Waals surface area contributed by atoms with Crippen LogP contribution in [0.25, 0.3) is 0 Å². The molecular weight excluding hydrogens is 238 g/mol. The highest BCUT2D eigenvalue weighted by Crippen LogP contribution is 2.26. The van der Waals surface area contributed by atoms with Crippen LogP contribution in [0.1, 0.15) is 37.3 Å². The van der Waals surface area contributed by atoms with E-state index in [1.165, 1.54) is 12.0 Å². The Hall–Kier alpha value is -1.51. The molecule has 3 heteroatoms. The maximum atomic E-state index is 11.7. The SMILES string of the molecule is CCOc1ccc(CCNC(=O)C2CCC2)cc1C. The summed E-state index contributed by atoms with van der Waals surface area (Å²) in [6.45, 7) is 5.46. The van der Waals surface area contributed by atoms with Crippen molar-refractivity contribution in [1.82, 2.24) is 5.32 Å². The number of carbonyl (C=O) groups excluding carboxylic acids is 1. The van der Waals surface area contributed by atoms with Crippen molar-refractivity contribution in [2.75, 3.05) is 13.2 Å². The smallest absolute Gasteiger partial charge is 0.223 e. The Morgan fingerprint density at radius 1 is 1.42 bits per heavy atom. The van der Waals surface area contributed by atoms with E-state index in [1.807, 2.05) is 13.0 Å². The molecular formula is C16H23NO2. The van der Waals surface area contributed by atoms with Crippen LogP contribution in [-0.4, -0.2) is 19.1 Å². The highest BCUT2D eigenvalue weighted by Gasteiger charge is 2.24. The second-order valence-corrected chi connectivity index (χ2v) is 5.20. The Morgan fingerprint density at radius 2 is 2.21 bits per heavy atom. The van der Waals surface area contributed by atoms with Gasteiger partial charge in [-0.3, -0.25) is 4.79 Å². The maximum Gasteiger partial charge on any atom is 0.223 e. The number of aryl methyl sites for hydroxylation is 1. The quantitative estimate of drug-likeness (QED) is 0.855. The molecule has 0 aromatic heterocycles. The predicted molar refractivity (Wildman–Crippen MR) is 76.4 cm³/mol. The summed E-state index contributed by atoms with van der Waals surface area (Å²) in [6, 6.07) is 6.23. The van der Waals surface area contributed by atoms with Crippen LogP contribution in [0.5, 0.6) is 5.75 Å². The molecule has 0 radical (unpaired) electrons. The van der Waals surface area contributed by atoms with E-state index in [0.29, 0.717) is 6.61 Å². The van der Waals surface area contributed by atoms with Gasteiger partial charge in [0, 0.05) is 12.5 Å². The molecule has 1 N–H and O–H groups in total. The summed E-state index contributed by atoms with van der Waals surface area (Å²) in [6.07, 6.45) is 4.21. The molecule has 104 valence electrons. The second-order valence-electron chi connectivity index (χ2n) is 5.20. The lowest BCUT2D eigenvalue weighted by Gasteiger charge is -2.24. The van der Waals surface area contributed by atoms with Crippen molar-refractivity contribution in [2.24, 2.45) is 5.92 Å². The Labute approximate surface area is 115 Å². The number of amides is 1. The minimum atomic E-state index is 0.230. The molecule has 0 unspecified atom stereocenters. The normalized spacial score (nSPS) is 14.8. The molecule has 0 spiro atoms. The van der Waals surface area contributed by atoms with Crippen LogP contribution in [0.2, 0.25) is 0 Å². The second kappa shape index (κ2) is 6.60. The largest absolute Gasteiger partial charge is 0.494 e. The molecule has 0 saturated heterocycles. The predicted octanol–water partition coefficient (Wildman–Crippen LogP) is 2.85. The van der Waals surface area contributed by atoms with Crippen LogP contribution in [0.4, 0.5) is 0 Å². The molecule has 1 fully saturated rings. The average Bonchev–Trinajstić information content (AvgIpc) is 2.30. The van der Waals surface area contributed by atoms with E-state index in [2.05, 4.69) is 24.4 Å². The molecule has 1 aromatic carbocycles. The summed E-state index contributed by atoms with van der Waals surface area (Å²) in [4.78, 5) is 11.7. The van der Waals surface area contributed by atoms with E-state index in [4.69, 9.17) is 4.74 Å². The molecule has 1 aromatic rings. The van der Waals surface area contributed by atoms with Crippen molar-refractivity contribution in [2.45, 2.75) is 39.5 Å². The summed E-state index contributed by atoms with van der Waals surface area (Å²) in [5.41, 5.74) is 2.40. The van der Waals surface area contributed by atoms with E-state index in [0.717, 1.165) is 37.1 Å². The molecule has 0 aliphatic heterocycles. The van der Waals surface area contributed by atoms with Gasteiger partial charge in [-0.05, 0) is 50.3 Å². The molecule has 0 atom stereocenters. The standard InChI is InChI=1S/C16H23NO2/c1-3-19-15-8-7-13(11-12(15)2)9-10-17-16(18)14-5-4-6-14/h7-8,11,14H,3-6,9-10H2,1-2H3,(H,17,18). The molecule has 3 nitrogen and oxygen atoms in total. The van der Waals surface area contributed by atoms with Crippen molar-refractivity contribution in [1.29, 1.82) is 0 Å². The topological polar surface area (TPSA) is 38.3 Å². The average molecular weight is 261 g/mol. The summed E-state index contributed by atoms with van der Waals surface area (Å²) in [7, 11) is 0. The first-order valence-electron chi connectivity index (χ1n) is 7.20. The molecule has 1 aliphatic rings. The first-order chi connectivity index (χ1) is 9.20. The third kappa shape index (κ3) is 3.72. The van der Waals surface area contributed by atoms with Gasteiger partial charge < -0.3 is 10.1 Å². The third-order valence-electron chi connectivity index (χ3n) is 3.73. The third-order valence-corrected chi connectivity index (χ3v) is 3.73. The zero-order valence-electron chi connectivity index (χ0n) is 11.9. The summed E-state index contributed by atoms with van der Waals surface area (Å²) in [5, 5.41) is 3.02. The highest BCUT2D eigenvalue weighted by atomic mass is 16.5. The summed E-state index contributed by atoms with van der Waals surface area (Å²) >= 11 is 0. The minimum absolute atomic E-state index is 0.230. The Kier molecular flexibility index (Phi) is 4.83. The van der Waals surface area contributed by atoms with Crippen molar-refractivity contribution in [3.63, 3.8) is 0 Å². The van der Waals surface area contributed by atoms with E-state index >= 15 is 0 Å². The van der Waals surface area contributed by atoms with E-state index in [-0.39, 0.29) is 11.8 Å². The maximum absolute atomic E-state index is 11.7. The Morgan fingerprint density at radius 3 is 2.79 bits per heavy atom. The fraction of sp³-hybridized carbons (Fsp3) is 0.562. The lowest BCUT2D eigenvalue weighted by Crippen LogP contribution is -2.35. The molecule has 1 amide bonds. The van der Waals surface area contributed by atoms with Crippen LogP contribution in [0.15, 0.2) is 18.2 Å². The van der Waals surface area contributed by atoms with Crippen molar-refractivity contribution >= 4 is 5.91 Å². The fourth-order valence-corrected chi connectivity index (χ4v) is 2.33. The van der Waals surface area contributed by atoms with Gasteiger partial charge in [-0.1, -0.05) is 18.6 Å². The number of nitrogens with one attached hydrogen (secondary N) is 1. The van der Waals surface area contributed by atoms with Crippen molar-refractivity contribution in [3.8, 4) is 5.75 Å². The first-order valence-corrected chi connectivity index (χ1v) is 7.20. The monoisotopic (exact) mass is 261 g/mol. The van der Waals surface area contributed by atoms with E-state index in [9.17, 15) is 4.79 Å². The van der Waals surface area contributed by atoms with Crippen LogP contribution in [0.3, 0.4) is 0 Å². The lowest BCUT2D eigenvalue weighted by atomic mass is 9.85. The van der Waals surface area contributed by atoms with Crippen LogP contribution >= 0.6 is 0 Å². The number of benzene rings is 1. The summed E-state index contributed by atoms with van der Waals surface area (Å²) in [5.74, 6) is 1.46. The van der Waals surface area contributed by atoms with E-state index < -0.39 is 0 Å². The zero-order valence-corrected chi connectivity index (χ0v) is 11.9. The number of hydrogen-bond donors (Lipinski definition) is 1. The van der Waals surface area contributed by atoms with Crippen LogP contribution < -0.4 is 10.1 Å². The molecule has 0 heterocycles. The lowest BCUT2D eigenvalue weighted by molar-refractivity contribution is -0.127. The molecule has 1 saturated carbocycles. The van der Waals surface area contributed by atoms with Gasteiger partial charge >= 0.3 is 0 Å². The fourth-order valence-electron chi connectivity index (χ4n) is 2.33. The zero-order chi connectivity index (χ0) is 13.7.